The minimum absolute atomic E-state index is 0.0665. The first-order chi connectivity index (χ1) is 12.4. The molecule has 2 aromatic heterocycles. The van der Waals surface area contributed by atoms with Crippen molar-refractivity contribution in [1.29, 1.82) is 5.26 Å². The van der Waals surface area contributed by atoms with Crippen molar-refractivity contribution >= 4 is 15.9 Å². The van der Waals surface area contributed by atoms with Gasteiger partial charge in [0.2, 0.25) is 16.7 Å². The van der Waals surface area contributed by atoms with Gasteiger partial charge in [-0.05, 0) is 39.1 Å². The van der Waals surface area contributed by atoms with Crippen molar-refractivity contribution in [3.05, 3.63) is 17.8 Å². The van der Waals surface area contributed by atoms with E-state index in [1.54, 1.807) is 0 Å². The molecule has 140 valence electrons. The first kappa shape index (κ1) is 18.4. The molecular formula is C16H21N5O4S. The Morgan fingerprint density at radius 3 is 2.69 bits per heavy atom. The average molecular weight is 379 g/mol. The lowest BCUT2D eigenvalue weighted by molar-refractivity contribution is 0.409. The molecule has 0 bridgehead atoms. The molecule has 0 unspecified atom stereocenters. The molecule has 0 aliphatic carbocycles. The molecule has 26 heavy (non-hydrogen) atoms. The highest BCUT2D eigenvalue weighted by Crippen LogP contribution is 2.30. The summed E-state index contributed by atoms with van der Waals surface area (Å²) in [5.74, 6) is 0.474. The molecular weight excluding hydrogens is 358 g/mol. The van der Waals surface area contributed by atoms with Gasteiger partial charge < -0.3 is 19.1 Å². The smallest absolute Gasteiger partial charge is 0.276 e. The third kappa shape index (κ3) is 3.75. The number of aromatic nitrogens is 1. The van der Waals surface area contributed by atoms with Crippen LogP contribution in [0.15, 0.2) is 26.1 Å². The normalized spacial score (nSPS) is 15.5. The quantitative estimate of drug-likeness (QED) is 0.770. The standard InChI is InChI=1S/C16H21N5O4S/c1-20(2)10-7-18-15-12(11-17)19-16(25-15)13-5-6-14(24-13)26(22,23)21-8-3-4-9-21/h5-6,18H,3-4,7-10H2,1-2H3. The van der Waals surface area contributed by atoms with Crippen LogP contribution < -0.4 is 5.32 Å². The number of anilines is 1. The Morgan fingerprint density at radius 2 is 2.04 bits per heavy atom. The Kier molecular flexibility index (Phi) is 5.31. The molecule has 1 aliphatic heterocycles. The minimum atomic E-state index is -3.65. The van der Waals surface area contributed by atoms with Crippen LogP contribution in [0.5, 0.6) is 0 Å². The maximum absolute atomic E-state index is 12.5. The van der Waals surface area contributed by atoms with Gasteiger partial charge in [0.15, 0.2) is 5.76 Å². The molecule has 0 spiro atoms. The summed E-state index contributed by atoms with van der Waals surface area (Å²) in [6.45, 7) is 2.31. The van der Waals surface area contributed by atoms with Crippen molar-refractivity contribution in [2.75, 3.05) is 45.6 Å². The number of likely N-dealkylation sites (N-methyl/N-ethyl adjacent to an activating group) is 1. The van der Waals surface area contributed by atoms with Crippen LogP contribution in [-0.4, -0.2) is 62.9 Å². The molecule has 1 fully saturated rings. The number of rotatable bonds is 7. The second kappa shape index (κ2) is 7.49. The molecule has 3 heterocycles. The zero-order valence-corrected chi connectivity index (χ0v) is 15.5. The average Bonchev–Trinajstić information content (AvgIpc) is 3.34. The van der Waals surface area contributed by atoms with Crippen molar-refractivity contribution in [2.45, 2.75) is 17.9 Å². The second-order valence-corrected chi connectivity index (χ2v) is 8.14. The van der Waals surface area contributed by atoms with E-state index in [4.69, 9.17) is 8.83 Å². The van der Waals surface area contributed by atoms with E-state index in [1.165, 1.54) is 16.4 Å². The van der Waals surface area contributed by atoms with Gasteiger partial charge in [-0.2, -0.15) is 14.6 Å². The number of hydrogen-bond acceptors (Lipinski definition) is 8. The zero-order valence-electron chi connectivity index (χ0n) is 14.7. The Morgan fingerprint density at radius 1 is 1.31 bits per heavy atom. The lowest BCUT2D eigenvalue weighted by Gasteiger charge is -2.12. The Labute approximate surface area is 152 Å². The molecule has 1 saturated heterocycles. The van der Waals surface area contributed by atoms with Crippen LogP contribution >= 0.6 is 0 Å². The number of nitrogens with one attached hydrogen (secondary N) is 1. The molecule has 9 nitrogen and oxygen atoms in total. The third-order valence-electron chi connectivity index (χ3n) is 4.03. The van der Waals surface area contributed by atoms with Crippen LogP contribution in [0.25, 0.3) is 11.7 Å². The molecule has 0 atom stereocenters. The van der Waals surface area contributed by atoms with Crippen molar-refractivity contribution in [3.8, 4) is 17.7 Å². The lowest BCUT2D eigenvalue weighted by Crippen LogP contribution is -2.27. The summed E-state index contributed by atoms with van der Waals surface area (Å²) in [4.78, 5) is 6.07. The second-order valence-electron chi connectivity index (χ2n) is 6.27. The highest BCUT2D eigenvalue weighted by Gasteiger charge is 2.30. The number of sulfonamides is 1. The number of hydrogen-bond donors (Lipinski definition) is 1. The molecule has 0 aromatic carbocycles. The van der Waals surface area contributed by atoms with Gasteiger partial charge in [-0.25, -0.2) is 8.42 Å². The molecule has 0 amide bonds. The van der Waals surface area contributed by atoms with Gasteiger partial charge in [-0.15, -0.1) is 0 Å². The monoisotopic (exact) mass is 379 g/mol. The predicted octanol–water partition coefficient (Wildman–Crippen LogP) is 1.56. The van der Waals surface area contributed by atoms with Gasteiger partial charge in [0.1, 0.15) is 6.07 Å². The van der Waals surface area contributed by atoms with Crippen LogP contribution in [0.4, 0.5) is 5.88 Å². The topological polar surface area (TPSA) is 116 Å². The molecule has 0 radical (unpaired) electrons. The summed E-state index contributed by atoms with van der Waals surface area (Å²) in [5.41, 5.74) is 0.0964. The van der Waals surface area contributed by atoms with Gasteiger partial charge in [-0.3, -0.25) is 0 Å². The number of furan rings is 1. The molecule has 10 heteroatoms. The largest absolute Gasteiger partial charge is 0.438 e. The zero-order chi connectivity index (χ0) is 18.7. The first-order valence-electron chi connectivity index (χ1n) is 8.31. The maximum atomic E-state index is 12.5. The summed E-state index contributed by atoms with van der Waals surface area (Å²) in [5, 5.41) is 12.1. The van der Waals surface area contributed by atoms with Gasteiger partial charge in [0.25, 0.3) is 15.9 Å². The van der Waals surface area contributed by atoms with E-state index in [9.17, 15) is 13.7 Å². The van der Waals surface area contributed by atoms with E-state index in [1.807, 2.05) is 25.1 Å². The van der Waals surface area contributed by atoms with Crippen LogP contribution in [0, 0.1) is 11.3 Å². The number of nitrogens with zero attached hydrogens (tertiary/aromatic N) is 4. The fourth-order valence-electron chi connectivity index (χ4n) is 2.64. The summed E-state index contributed by atoms with van der Waals surface area (Å²) in [7, 11) is 0.221. The van der Waals surface area contributed by atoms with Crippen molar-refractivity contribution < 1.29 is 17.3 Å². The number of nitriles is 1. The Balaban J connectivity index is 1.81. The van der Waals surface area contributed by atoms with Crippen LogP contribution in [-0.2, 0) is 10.0 Å². The van der Waals surface area contributed by atoms with Crippen LogP contribution in [0.1, 0.15) is 18.5 Å². The van der Waals surface area contributed by atoms with E-state index >= 15 is 0 Å². The Hall–Kier alpha value is -2.35. The summed E-state index contributed by atoms with van der Waals surface area (Å²) < 4.78 is 37.5. The Bertz CT molecular complexity index is 903. The molecule has 1 N–H and O–H groups in total. The maximum Gasteiger partial charge on any atom is 0.276 e. The van der Waals surface area contributed by atoms with Gasteiger partial charge in [0, 0.05) is 26.2 Å². The van der Waals surface area contributed by atoms with Crippen molar-refractivity contribution in [1.82, 2.24) is 14.2 Å². The third-order valence-corrected chi connectivity index (χ3v) is 5.80. The molecule has 0 saturated carbocycles. The van der Waals surface area contributed by atoms with E-state index in [2.05, 4.69) is 10.3 Å². The summed E-state index contributed by atoms with van der Waals surface area (Å²) >= 11 is 0. The van der Waals surface area contributed by atoms with Gasteiger partial charge >= 0.3 is 0 Å². The van der Waals surface area contributed by atoms with Crippen molar-refractivity contribution in [2.24, 2.45) is 0 Å². The first-order valence-corrected chi connectivity index (χ1v) is 9.75. The van der Waals surface area contributed by atoms with E-state index in [0.717, 1.165) is 19.4 Å². The highest BCUT2D eigenvalue weighted by molar-refractivity contribution is 7.89. The fraction of sp³-hybridized carbons (Fsp3) is 0.500. The lowest BCUT2D eigenvalue weighted by atomic mass is 10.4. The number of oxazole rings is 1. The van der Waals surface area contributed by atoms with E-state index in [0.29, 0.717) is 19.6 Å². The molecule has 3 rings (SSSR count). The minimum Gasteiger partial charge on any atom is -0.438 e. The molecule has 2 aromatic rings. The van der Waals surface area contributed by atoms with Gasteiger partial charge in [0.05, 0.1) is 0 Å². The predicted molar refractivity (Wildman–Crippen MR) is 94.0 cm³/mol. The van der Waals surface area contributed by atoms with E-state index in [-0.39, 0.29) is 28.3 Å². The SMILES string of the molecule is CN(C)CCNc1oc(-c2ccc(S(=O)(=O)N3CCCC3)o2)nc1C#N. The fourth-order valence-corrected chi connectivity index (χ4v) is 4.07. The van der Waals surface area contributed by atoms with Gasteiger partial charge in [-0.1, -0.05) is 0 Å². The summed E-state index contributed by atoms with van der Waals surface area (Å²) in [6, 6.07) is 4.83. The molecule has 1 aliphatic rings. The van der Waals surface area contributed by atoms with E-state index < -0.39 is 10.0 Å². The highest BCUT2D eigenvalue weighted by atomic mass is 32.2. The van der Waals surface area contributed by atoms with Crippen LogP contribution in [0.3, 0.4) is 0 Å². The van der Waals surface area contributed by atoms with Crippen molar-refractivity contribution in [3.63, 3.8) is 0 Å². The van der Waals surface area contributed by atoms with Crippen LogP contribution in [0.2, 0.25) is 0 Å². The summed E-state index contributed by atoms with van der Waals surface area (Å²) in [6.07, 6.45) is 1.69.